The normalized spacial score (nSPS) is 28.7. The van der Waals surface area contributed by atoms with Crippen molar-refractivity contribution < 1.29 is 28.6 Å². The van der Waals surface area contributed by atoms with Gasteiger partial charge >= 0.3 is 5.97 Å². The number of ketones is 2. The first-order chi connectivity index (χ1) is 13.6. The molecule has 6 nitrogen and oxygen atoms in total. The summed E-state index contributed by atoms with van der Waals surface area (Å²) in [4.78, 5) is 38.0. The highest BCUT2D eigenvalue weighted by Gasteiger charge is 2.69. The molecule has 0 radical (unpaired) electrons. The number of hydrogen-bond acceptors (Lipinski definition) is 6. The Bertz CT molecular complexity index is 810. The van der Waals surface area contributed by atoms with E-state index in [1.54, 1.807) is 39.8 Å². The van der Waals surface area contributed by atoms with Crippen LogP contribution in [0.4, 0.5) is 0 Å². The van der Waals surface area contributed by atoms with Crippen molar-refractivity contribution in [2.75, 3.05) is 0 Å². The fourth-order valence-electron chi connectivity index (χ4n) is 3.65. The van der Waals surface area contributed by atoms with Crippen LogP contribution in [0.25, 0.3) is 0 Å². The summed E-state index contributed by atoms with van der Waals surface area (Å²) in [5.74, 6) is -0.876. The van der Waals surface area contributed by atoms with Gasteiger partial charge < -0.3 is 14.2 Å². The van der Waals surface area contributed by atoms with Gasteiger partial charge in [0.1, 0.15) is 11.7 Å². The molecule has 6 heteroatoms. The second-order valence-electron chi connectivity index (χ2n) is 8.96. The fraction of sp³-hybridized carbons (Fsp3) is 0.609. The maximum Gasteiger partial charge on any atom is 0.333 e. The van der Waals surface area contributed by atoms with Crippen LogP contribution in [0, 0.1) is 0 Å². The van der Waals surface area contributed by atoms with E-state index in [9.17, 15) is 14.4 Å². The number of Topliss-reactive ketones (excluding diaryl/α,β-unsaturated/α-hetero) is 2. The standard InChI is InChI=1S/C23H30O6/c1-6-7-8-9-15-12-16-17(13-27-15)18(24)20-23(28-20,19(16)25)11-10-14(2)21(26)29-22(3,4)5/h10,12-13,15,20H,6-9,11H2,1-5H3/b14-10+/t15-,20-,23+/m0/s1. The first-order valence-electron chi connectivity index (χ1n) is 10.3. The number of ether oxygens (including phenoxy) is 3. The van der Waals surface area contributed by atoms with Gasteiger partial charge in [0, 0.05) is 17.6 Å². The summed E-state index contributed by atoms with van der Waals surface area (Å²) in [7, 11) is 0. The number of carbonyl (C=O) groups excluding carboxylic acids is 3. The van der Waals surface area contributed by atoms with Gasteiger partial charge in [-0.05, 0) is 46.6 Å². The predicted molar refractivity (Wildman–Crippen MR) is 107 cm³/mol. The lowest BCUT2D eigenvalue weighted by Crippen LogP contribution is -2.40. The van der Waals surface area contributed by atoms with Gasteiger partial charge in [0.2, 0.25) is 0 Å². The third-order valence-electron chi connectivity index (χ3n) is 5.35. The number of carbonyl (C=O) groups is 3. The summed E-state index contributed by atoms with van der Waals surface area (Å²) in [5.41, 5.74) is -0.718. The van der Waals surface area contributed by atoms with Gasteiger partial charge in [0.05, 0.1) is 11.8 Å². The molecule has 1 aliphatic carbocycles. The van der Waals surface area contributed by atoms with E-state index in [0.717, 1.165) is 25.7 Å². The van der Waals surface area contributed by atoms with Crippen LogP contribution in [0.3, 0.4) is 0 Å². The number of esters is 1. The lowest BCUT2D eigenvalue weighted by atomic mass is 9.77. The van der Waals surface area contributed by atoms with E-state index in [-0.39, 0.29) is 24.1 Å². The maximum absolute atomic E-state index is 13.2. The molecule has 29 heavy (non-hydrogen) atoms. The first-order valence-corrected chi connectivity index (χ1v) is 10.3. The number of fused-ring (bicyclic) bond motifs is 2. The minimum absolute atomic E-state index is 0.166. The second-order valence-corrected chi connectivity index (χ2v) is 8.96. The Labute approximate surface area is 172 Å². The van der Waals surface area contributed by atoms with Crippen molar-refractivity contribution in [1.29, 1.82) is 0 Å². The number of rotatable bonds is 7. The summed E-state index contributed by atoms with van der Waals surface area (Å²) in [6.07, 6.45) is 7.96. The van der Waals surface area contributed by atoms with Crippen molar-refractivity contribution in [1.82, 2.24) is 0 Å². The topological polar surface area (TPSA) is 82.2 Å². The Balaban J connectivity index is 1.74. The lowest BCUT2D eigenvalue weighted by Gasteiger charge is -2.26. The smallest absolute Gasteiger partial charge is 0.333 e. The van der Waals surface area contributed by atoms with E-state index in [0.29, 0.717) is 16.7 Å². The molecule has 3 aliphatic rings. The van der Waals surface area contributed by atoms with Gasteiger partial charge in [0.15, 0.2) is 23.3 Å². The average Bonchev–Trinajstić information content (AvgIpc) is 3.39. The summed E-state index contributed by atoms with van der Waals surface area (Å²) in [5, 5.41) is 0. The molecule has 2 aliphatic heterocycles. The van der Waals surface area contributed by atoms with Gasteiger partial charge in [-0.25, -0.2) is 4.79 Å². The highest BCUT2D eigenvalue weighted by molar-refractivity contribution is 6.25. The highest BCUT2D eigenvalue weighted by Crippen LogP contribution is 2.50. The largest absolute Gasteiger partial charge is 0.493 e. The first kappa shape index (κ1) is 21.5. The molecule has 0 spiro atoms. The summed E-state index contributed by atoms with van der Waals surface area (Å²) >= 11 is 0. The molecular weight excluding hydrogens is 372 g/mol. The molecule has 1 saturated heterocycles. The van der Waals surface area contributed by atoms with Crippen molar-refractivity contribution in [2.24, 2.45) is 0 Å². The Morgan fingerprint density at radius 3 is 2.62 bits per heavy atom. The molecule has 0 aromatic carbocycles. The third kappa shape index (κ3) is 4.37. The molecular formula is C23H30O6. The maximum atomic E-state index is 13.2. The van der Waals surface area contributed by atoms with Crippen LogP contribution in [0.1, 0.15) is 66.7 Å². The van der Waals surface area contributed by atoms with Gasteiger partial charge in [-0.2, -0.15) is 0 Å². The number of unbranched alkanes of at least 4 members (excludes halogenated alkanes) is 2. The highest BCUT2D eigenvalue weighted by atomic mass is 16.6. The van der Waals surface area contributed by atoms with E-state index in [1.165, 1.54) is 6.26 Å². The van der Waals surface area contributed by atoms with Crippen LogP contribution in [-0.2, 0) is 28.6 Å². The average molecular weight is 402 g/mol. The predicted octanol–water partition coefficient (Wildman–Crippen LogP) is 3.74. The lowest BCUT2D eigenvalue weighted by molar-refractivity contribution is -0.149. The second kappa shape index (κ2) is 7.90. The number of epoxide rings is 1. The Morgan fingerprint density at radius 1 is 1.24 bits per heavy atom. The van der Waals surface area contributed by atoms with Crippen molar-refractivity contribution in [2.45, 2.75) is 90.1 Å². The molecule has 2 fully saturated rings. The van der Waals surface area contributed by atoms with E-state index < -0.39 is 23.3 Å². The van der Waals surface area contributed by atoms with Gasteiger partial charge in [0.25, 0.3) is 0 Å². The van der Waals surface area contributed by atoms with Gasteiger partial charge in [-0.1, -0.05) is 25.8 Å². The van der Waals surface area contributed by atoms with E-state index in [2.05, 4.69) is 6.92 Å². The van der Waals surface area contributed by atoms with Gasteiger partial charge in [-0.15, -0.1) is 0 Å². The zero-order chi connectivity index (χ0) is 21.4. The molecule has 3 rings (SSSR count). The molecule has 2 heterocycles. The molecule has 0 aromatic rings. The number of hydrogen-bond donors (Lipinski definition) is 0. The molecule has 0 bridgehead atoms. The van der Waals surface area contributed by atoms with Crippen LogP contribution in [-0.4, -0.2) is 40.9 Å². The zero-order valence-corrected chi connectivity index (χ0v) is 17.9. The third-order valence-corrected chi connectivity index (χ3v) is 5.35. The van der Waals surface area contributed by atoms with Crippen LogP contribution in [0.2, 0.25) is 0 Å². The zero-order valence-electron chi connectivity index (χ0n) is 17.9. The molecule has 3 atom stereocenters. The van der Waals surface area contributed by atoms with Crippen LogP contribution >= 0.6 is 0 Å². The van der Waals surface area contributed by atoms with E-state index in [1.807, 2.05) is 0 Å². The van der Waals surface area contributed by atoms with Crippen molar-refractivity contribution in [3.05, 3.63) is 35.1 Å². The Hall–Kier alpha value is -2.21. The van der Waals surface area contributed by atoms with Crippen LogP contribution in [0.15, 0.2) is 35.1 Å². The SMILES string of the molecule is CCCCC[C@H]1C=C2C(=O)[C@@]3(C/C=C(\C)C(=O)OC(C)(C)C)O[C@H]3C(=O)C2=CO1. The van der Waals surface area contributed by atoms with E-state index >= 15 is 0 Å². The van der Waals surface area contributed by atoms with Crippen molar-refractivity contribution >= 4 is 17.5 Å². The molecule has 0 unspecified atom stereocenters. The Morgan fingerprint density at radius 2 is 1.97 bits per heavy atom. The Kier molecular flexibility index (Phi) is 5.86. The molecule has 158 valence electrons. The van der Waals surface area contributed by atoms with Crippen LogP contribution < -0.4 is 0 Å². The fourth-order valence-corrected chi connectivity index (χ4v) is 3.65. The van der Waals surface area contributed by atoms with E-state index in [4.69, 9.17) is 14.2 Å². The monoisotopic (exact) mass is 402 g/mol. The molecule has 0 amide bonds. The molecule has 0 aromatic heterocycles. The van der Waals surface area contributed by atoms with Gasteiger partial charge in [-0.3, -0.25) is 9.59 Å². The minimum Gasteiger partial charge on any atom is -0.493 e. The molecule has 0 N–H and O–H groups in total. The quantitative estimate of drug-likeness (QED) is 0.279. The van der Waals surface area contributed by atoms with Crippen molar-refractivity contribution in [3.63, 3.8) is 0 Å². The van der Waals surface area contributed by atoms with Crippen LogP contribution in [0.5, 0.6) is 0 Å². The molecule has 1 saturated carbocycles. The minimum atomic E-state index is -1.20. The van der Waals surface area contributed by atoms with Crippen molar-refractivity contribution in [3.8, 4) is 0 Å². The summed E-state index contributed by atoms with van der Waals surface area (Å²) < 4.78 is 16.6. The summed E-state index contributed by atoms with van der Waals surface area (Å²) in [6.45, 7) is 9.15. The summed E-state index contributed by atoms with van der Waals surface area (Å²) in [6, 6.07) is 0.